The standard InChI is InChI=1S/C23H20FN3S/c1-14-4-3-5-18(26-14)13-27-15(2)20-10-16(6-9-23(20)28-27)21-12-25-22-11-17(24)7-8-19(21)22/h3-12,15,25H,13H2,1-2H3. The van der Waals surface area contributed by atoms with Crippen molar-refractivity contribution in [3.05, 3.63) is 83.6 Å². The Morgan fingerprint density at radius 1 is 1.14 bits per heavy atom. The summed E-state index contributed by atoms with van der Waals surface area (Å²) in [6.45, 7) is 5.07. The second-order valence-electron chi connectivity index (χ2n) is 7.26. The minimum Gasteiger partial charge on any atom is -0.360 e. The van der Waals surface area contributed by atoms with Crippen molar-refractivity contribution in [2.24, 2.45) is 0 Å². The molecule has 28 heavy (non-hydrogen) atoms. The molecule has 3 nitrogen and oxygen atoms in total. The van der Waals surface area contributed by atoms with E-state index in [4.69, 9.17) is 0 Å². The molecular weight excluding hydrogens is 369 g/mol. The molecule has 1 unspecified atom stereocenters. The van der Waals surface area contributed by atoms with Crippen molar-refractivity contribution < 1.29 is 4.39 Å². The van der Waals surface area contributed by atoms with Crippen LogP contribution in [-0.4, -0.2) is 14.3 Å². The summed E-state index contributed by atoms with van der Waals surface area (Å²) in [5, 5.41) is 1.04. The first kappa shape index (κ1) is 17.5. The summed E-state index contributed by atoms with van der Waals surface area (Å²) in [5.74, 6) is -0.222. The number of rotatable bonds is 3. The van der Waals surface area contributed by atoms with Gasteiger partial charge in [-0.05, 0) is 79.4 Å². The third kappa shape index (κ3) is 3.01. The molecule has 2 aromatic heterocycles. The number of aryl methyl sites for hydroxylation is 1. The Labute approximate surface area is 167 Å². The number of H-pyrrole nitrogens is 1. The maximum atomic E-state index is 13.5. The van der Waals surface area contributed by atoms with E-state index in [2.05, 4.69) is 51.5 Å². The van der Waals surface area contributed by atoms with E-state index in [-0.39, 0.29) is 5.82 Å². The van der Waals surface area contributed by atoms with Crippen LogP contribution in [0.15, 0.2) is 65.7 Å². The molecule has 0 amide bonds. The third-order valence-corrected chi connectivity index (χ3v) is 6.57. The van der Waals surface area contributed by atoms with E-state index < -0.39 is 0 Å². The van der Waals surface area contributed by atoms with Gasteiger partial charge in [0, 0.05) is 39.3 Å². The van der Waals surface area contributed by atoms with Gasteiger partial charge in [0.25, 0.3) is 0 Å². The number of pyridine rings is 1. The van der Waals surface area contributed by atoms with Crippen molar-refractivity contribution in [2.45, 2.75) is 31.3 Å². The molecule has 0 fully saturated rings. The summed E-state index contributed by atoms with van der Waals surface area (Å²) in [6.07, 6.45) is 1.97. The first-order valence-corrected chi connectivity index (χ1v) is 10.1. The van der Waals surface area contributed by atoms with Crippen molar-refractivity contribution >= 4 is 22.9 Å². The lowest BCUT2D eigenvalue weighted by Gasteiger charge is -2.19. The van der Waals surface area contributed by atoms with Gasteiger partial charge < -0.3 is 4.98 Å². The predicted octanol–water partition coefficient (Wildman–Crippen LogP) is 6.26. The maximum absolute atomic E-state index is 13.5. The summed E-state index contributed by atoms with van der Waals surface area (Å²) in [5.41, 5.74) is 6.54. The highest BCUT2D eigenvalue weighted by atomic mass is 32.2. The Balaban J connectivity index is 1.46. The molecule has 1 aliphatic heterocycles. The third-order valence-electron chi connectivity index (χ3n) is 5.33. The molecule has 0 radical (unpaired) electrons. The number of hydrogen-bond donors (Lipinski definition) is 1. The van der Waals surface area contributed by atoms with Crippen molar-refractivity contribution in [1.29, 1.82) is 0 Å². The molecule has 4 aromatic rings. The SMILES string of the molecule is Cc1cccc(CN2Sc3ccc(-c4c[nH]c5cc(F)ccc45)cc3C2C)n1. The highest BCUT2D eigenvalue weighted by Crippen LogP contribution is 2.46. The lowest BCUT2D eigenvalue weighted by atomic mass is 9.99. The number of benzene rings is 2. The largest absolute Gasteiger partial charge is 0.360 e. The number of aromatic amines is 1. The van der Waals surface area contributed by atoms with Crippen molar-refractivity contribution in [1.82, 2.24) is 14.3 Å². The molecule has 1 aliphatic rings. The quantitative estimate of drug-likeness (QED) is 0.420. The van der Waals surface area contributed by atoms with Crippen molar-refractivity contribution in [3.8, 4) is 11.1 Å². The number of halogens is 1. The van der Waals surface area contributed by atoms with Crippen LogP contribution in [0.4, 0.5) is 4.39 Å². The van der Waals surface area contributed by atoms with E-state index >= 15 is 0 Å². The van der Waals surface area contributed by atoms with E-state index in [9.17, 15) is 4.39 Å². The van der Waals surface area contributed by atoms with Gasteiger partial charge >= 0.3 is 0 Å². The molecule has 0 saturated carbocycles. The van der Waals surface area contributed by atoms with Crippen LogP contribution in [0, 0.1) is 12.7 Å². The minimum atomic E-state index is -0.222. The zero-order chi connectivity index (χ0) is 19.3. The van der Waals surface area contributed by atoms with E-state index in [0.29, 0.717) is 6.04 Å². The van der Waals surface area contributed by atoms with Crippen molar-refractivity contribution in [2.75, 3.05) is 0 Å². The smallest absolute Gasteiger partial charge is 0.125 e. The second-order valence-corrected chi connectivity index (χ2v) is 8.35. The highest BCUT2D eigenvalue weighted by Gasteiger charge is 2.28. The van der Waals surface area contributed by atoms with Gasteiger partial charge in [0.1, 0.15) is 5.82 Å². The van der Waals surface area contributed by atoms with Gasteiger partial charge in [-0.25, -0.2) is 8.70 Å². The average molecular weight is 389 g/mol. The molecule has 2 aromatic carbocycles. The number of aromatic nitrogens is 2. The van der Waals surface area contributed by atoms with Crippen LogP contribution < -0.4 is 0 Å². The molecule has 0 spiro atoms. The fourth-order valence-electron chi connectivity index (χ4n) is 3.84. The minimum absolute atomic E-state index is 0.222. The van der Waals surface area contributed by atoms with Crippen molar-refractivity contribution in [3.63, 3.8) is 0 Å². The van der Waals surface area contributed by atoms with Gasteiger partial charge in [0.2, 0.25) is 0 Å². The lowest BCUT2D eigenvalue weighted by Crippen LogP contribution is -2.15. The van der Waals surface area contributed by atoms with E-state index in [0.717, 1.165) is 40.0 Å². The molecule has 0 aliphatic carbocycles. The Morgan fingerprint density at radius 2 is 2.04 bits per heavy atom. The first-order chi connectivity index (χ1) is 13.6. The maximum Gasteiger partial charge on any atom is 0.125 e. The molecule has 5 heteroatoms. The van der Waals surface area contributed by atoms with E-state index in [1.54, 1.807) is 18.0 Å². The fraction of sp³-hybridized carbons (Fsp3) is 0.174. The molecule has 5 rings (SSSR count). The lowest BCUT2D eigenvalue weighted by molar-refractivity contribution is 0.384. The van der Waals surface area contributed by atoms with Gasteiger partial charge in [-0.15, -0.1) is 0 Å². The van der Waals surface area contributed by atoms with Gasteiger partial charge in [0.05, 0.1) is 12.2 Å². The fourth-order valence-corrected chi connectivity index (χ4v) is 5.02. The monoisotopic (exact) mass is 389 g/mol. The Kier molecular flexibility index (Phi) is 4.22. The van der Waals surface area contributed by atoms with Gasteiger partial charge in [0.15, 0.2) is 0 Å². The molecule has 0 saturated heterocycles. The summed E-state index contributed by atoms with van der Waals surface area (Å²) >= 11 is 1.79. The summed E-state index contributed by atoms with van der Waals surface area (Å²) in [4.78, 5) is 9.12. The molecular formula is C23H20FN3S. The molecule has 1 N–H and O–H groups in total. The van der Waals surface area contributed by atoms with Crippen LogP contribution >= 0.6 is 11.9 Å². The van der Waals surface area contributed by atoms with Crippen LogP contribution in [0.3, 0.4) is 0 Å². The highest BCUT2D eigenvalue weighted by molar-refractivity contribution is 7.97. The predicted molar refractivity (Wildman–Crippen MR) is 112 cm³/mol. The number of nitrogens with zero attached hydrogens (tertiary/aromatic N) is 2. The van der Waals surface area contributed by atoms with Gasteiger partial charge in [-0.1, -0.05) is 12.1 Å². The van der Waals surface area contributed by atoms with E-state index in [1.165, 1.54) is 16.5 Å². The second kappa shape index (κ2) is 6.76. The number of fused-ring (bicyclic) bond motifs is 2. The molecule has 0 bridgehead atoms. The van der Waals surface area contributed by atoms with Crippen LogP contribution in [0.1, 0.15) is 29.9 Å². The first-order valence-electron chi connectivity index (χ1n) is 9.36. The summed E-state index contributed by atoms with van der Waals surface area (Å²) in [7, 11) is 0. The van der Waals surface area contributed by atoms with Crippen LogP contribution in [0.2, 0.25) is 0 Å². The van der Waals surface area contributed by atoms with E-state index in [1.807, 2.05) is 25.3 Å². The normalized spacial score (nSPS) is 16.6. The zero-order valence-corrected chi connectivity index (χ0v) is 16.6. The zero-order valence-electron chi connectivity index (χ0n) is 15.7. The summed E-state index contributed by atoms with van der Waals surface area (Å²) < 4.78 is 15.9. The Hall–Kier alpha value is -2.63. The van der Waals surface area contributed by atoms with Gasteiger partial charge in [-0.2, -0.15) is 0 Å². The number of hydrogen-bond acceptors (Lipinski definition) is 3. The number of nitrogens with one attached hydrogen (secondary N) is 1. The summed E-state index contributed by atoms with van der Waals surface area (Å²) in [6, 6.07) is 18.0. The van der Waals surface area contributed by atoms with Gasteiger partial charge in [-0.3, -0.25) is 4.98 Å². The van der Waals surface area contributed by atoms with Crippen LogP contribution in [-0.2, 0) is 6.54 Å². The molecule has 140 valence electrons. The average Bonchev–Trinajstić information content (AvgIpc) is 3.23. The molecule has 3 heterocycles. The van der Waals surface area contributed by atoms with Crippen LogP contribution in [0.25, 0.3) is 22.0 Å². The Bertz CT molecular complexity index is 1180. The Morgan fingerprint density at radius 3 is 2.89 bits per heavy atom. The topological polar surface area (TPSA) is 31.9 Å². The molecule has 1 atom stereocenters. The van der Waals surface area contributed by atoms with Crippen LogP contribution in [0.5, 0.6) is 0 Å².